The number of rotatable bonds is 4. The van der Waals surface area contributed by atoms with Crippen LogP contribution in [-0.2, 0) is 14.8 Å². The summed E-state index contributed by atoms with van der Waals surface area (Å²) in [6.07, 6.45) is 1.49. The first-order chi connectivity index (χ1) is 13.6. The van der Waals surface area contributed by atoms with Crippen LogP contribution in [0.1, 0.15) is 11.6 Å². The van der Waals surface area contributed by atoms with Crippen molar-refractivity contribution in [3.05, 3.63) is 54.2 Å². The molecule has 7 nitrogen and oxygen atoms in total. The minimum absolute atomic E-state index is 0.189. The van der Waals surface area contributed by atoms with Gasteiger partial charge in [0, 0.05) is 38.9 Å². The minimum atomic E-state index is -3.52. The fraction of sp³-hybridized carbons (Fsp3) is 0.450. The fourth-order valence-electron chi connectivity index (χ4n) is 3.79. The van der Waals surface area contributed by atoms with Crippen LogP contribution in [0.4, 0.5) is 5.82 Å². The molecule has 0 radical (unpaired) electrons. The maximum Gasteiger partial charge on any atom is 0.244 e. The average Bonchev–Trinajstić information content (AvgIpc) is 2.75. The minimum Gasteiger partial charge on any atom is -0.379 e. The highest BCUT2D eigenvalue weighted by atomic mass is 32.2. The summed E-state index contributed by atoms with van der Waals surface area (Å²) in [6, 6.07) is 14.1. The van der Waals surface area contributed by atoms with Crippen LogP contribution in [0.15, 0.2) is 53.6 Å². The van der Waals surface area contributed by atoms with Gasteiger partial charge >= 0.3 is 0 Å². The molecule has 2 aliphatic heterocycles. The Hall–Kier alpha value is -2.00. The molecule has 1 aromatic heterocycles. The summed E-state index contributed by atoms with van der Waals surface area (Å²) in [5.41, 5.74) is 1.24. The smallest absolute Gasteiger partial charge is 0.244 e. The van der Waals surface area contributed by atoms with E-state index in [2.05, 4.69) is 34.0 Å². The van der Waals surface area contributed by atoms with Crippen molar-refractivity contribution >= 4 is 15.8 Å². The van der Waals surface area contributed by atoms with Gasteiger partial charge in [0.1, 0.15) is 10.7 Å². The number of anilines is 1. The van der Waals surface area contributed by atoms with E-state index in [0.717, 1.165) is 25.5 Å². The van der Waals surface area contributed by atoms with Crippen LogP contribution in [0.25, 0.3) is 0 Å². The molecule has 2 fully saturated rings. The predicted octanol–water partition coefficient (Wildman–Crippen LogP) is 1.60. The second kappa shape index (κ2) is 8.16. The monoisotopic (exact) mass is 402 g/mol. The van der Waals surface area contributed by atoms with Gasteiger partial charge in [-0.2, -0.15) is 4.31 Å². The van der Waals surface area contributed by atoms with E-state index in [-0.39, 0.29) is 10.9 Å². The van der Waals surface area contributed by atoms with Crippen LogP contribution >= 0.6 is 0 Å². The van der Waals surface area contributed by atoms with Crippen molar-refractivity contribution in [1.29, 1.82) is 0 Å². The first-order valence-electron chi connectivity index (χ1n) is 9.60. The number of likely N-dealkylation sites (N-methyl/N-ethyl adjacent to an activating group) is 1. The second-order valence-corrected chi connectivity index (χ2v) is 9.19. The number of nitrogens with zero attached hydrogens (tertiary/aromatic N) is 4. The Balaban J connectivity index is 1.58. The van der Waals surface area contributed by atoms with E-state index in [0.29, 0.717) is 26.3 Å². The molecule has 0 amide bonds. The van der Waals surface area contributed by atoms with Crippen LogP contribution < -0.4 is 4.90 Å². The maximum atomic E-state index is 12.8. The third-order valence-electron chi connectivity index (χ3n) is 5.39. The molecule has 8 heteroatoms. The zero-order valence-electron chi connectivity index (χ0n) is 16.1. The molecule has 0 bridgehead atoms. The Kier molecular flexibility index (Phi) is 5.63. The SMILES string of the molecule is CN1CCN(c2ccc(S(=O)(=O)N3CCOCC3)cn2)[C@H](c2ccccc2)C1. The van der Waals surface area contributed by atoms with E-state index in [9.17, 15) is 8.42 Å². The number of piperazine rings is 1. The molecule has 2 aliphatic rings. The van der Waals surface area contributed by atoms with Gasteiger partial charge in [-0.05, 0) is 24.7 Å². The van der Waals surface area contributed by atoms with E-state index in [1.54, 1.807) is 6.07 Å². The number of hydrogen-bond donors (Lipinski definition) is 0. The van der Waals surface area contributed by atoms with E-state index in [4.69, 9.17) is 4.74 Å². The molecule has 28 heavy (non-hydrogen) atoms. The van der Waals surface area contributed by atoms with E-state index in [1.165, 1.54) is 16.1 Å². The summed E-state index contributed by atoms with van der Waals surface area (Å²) < 4.78 is 32.4. The summed E-state index contributed by atoms with van der Waals surface area (Å²) in [5.74, 6) is 0.808. The van der Waals surface area contributed by atoms with Crippen molar-refractivity contribution in [3.63, 3.8) is 0 Å². The van der Waals surface area contributed by atoms with Crippen molar-refractivity contribution in [3.8, 4) is 0 Å². The summed E-state index contributed by atoms with van der Waals surface area (Å²) >= 11 is 0. The molecular weight excluding hydrogens is 376 g/mol. The lowest BCUT2D eigenvalue weighted by Gasteiger charge is -2.41. The van der Waals surface area contributed by atoms with Crippen LogP contribution in [0.3, 0.4) is 0 Å². The van der Waals surface area contributed by atoms with E-state index < -0.39 is 10.0 Å². The van der Waals surface area contributed by atoms with Crippen molar-refractivity contribution in [2.45, 2.75) is 10.9 Å². The van der Waals surface area contributed by atoms with Gasteiger partial charge in [-0.1, -0.05) is 30.3 Å². The van der Waals surface area contributed by atoms with Gasteiger partial charge in [0.05, 0.1) is 19.3 Å². The highest BCUT2D eigenvalue weighted by molar-refractivity contribution is 7.89. The highest BCUT2D eigenvalue weighted by Gasteiger charge is 2.29. The highest BCUT2D eigenvalue weighted by Crippen LogP contribution is 2.29. The third kappa shape index (κ3) is 3.91. The average molecular weight is 403 g/mol. The number of morpholine rings is 1. The predicted molar refractivity (Wildman–Crippen MR) is 108 cm³/mol. The summed E-state index contributed by atoms with van der Waals surface area (Å²) in [4.78, 5) is 9.35. The van der Waals surface area contributed by atoms with Gasteiger partial charge < -0.3 is 14.5 Å². The van der Waals surface area contributed by atoms with Gasteiger partial charge in [0.2, 0.25) is 10.0 Å². The molecule has 4 rings (SSSR count). The Bertz CT molecular complexity index is 883. The summed E-state index contributed by atoms with van der Waals surface area (Å²) in [6.45, 7) is 4.34. The molecule has 0 saturated carbocycles. The number of benzene rings is 1. The van der Waals surface area contributed by atoms with Crippen LogP contribution in [0, 0.1) is 0 Å². The number of hydrogen-bond acceptors (Lipinski definition) is 6. The molecule has 150 valence electrons. The lowest BCUT2D eigenvalue weighted by Crippen LogP contribution is -2.47. The van der Waals surface area contributed by atoms with E-state index >= 15 is 0 Å². The van der Waals surface area contributed by atoms with Crippen molar-refractivity contribution < 1.29 is 13.2 Å². The Morgan fingerprint density at radius 2 is 1.75 bits per heavy atom. The molecule has 2 saturated heterocycles. The molecule has 1 aromatic carbocycles. The number of aromatic nitrogens is 1. The van der Waals surface area contributed by atoms with Crippen LogP contribution in [-0.4, -0.2) is 75.6 Å². The first kappa shape index (κ1) is 19.3. The molecule has 3 heterocycles. The van der Waals surface area contributed by atoms with Crippen molar-refractivity contribution in [2.75, 3.05) is 57.9 Å². The Morgan fingerprint density at radius 1 is 1.00 bits per heavy atom. The third-order valence-corrected chi connectivity index (χ3v) is 7.27. The van der Waals surface area contributed by atoms with E-state index in [1.807, 2.05) is 24.3 Å². The van der Waals surface area contributed by atoms with Crippen molar-refractivity contribution in [2.24, 2.45) is 0 Å². The molecule has 0 aliphatic carbocycles. The topological polar surface area (TPSA) is 66.0 Å². The Labute approximate surface area is 166 Å². The molecule has 0 N–H and O–H groups in total. The summed E-state index contributed by atoms with van der Waals surface area (Å²) in [7, 11) is -1.40. The number of ether oxygens (including phenoxy) is 1. The fourth-order valence-corrected chi connectivity index (χ4v) is 5.14. The Morgan fingerprint density at radius 3 is 2.43 bits per heavy atom. The van der Waals surface area contributed by atoms with Gasteiger partial charge in [-0.15, -0.1) is 0 Å². The standard InChI is InChI=1S/C20H26N4O3S/c1-22-9-10-24(19(16-22)17-5-3-2-4-6-17)20-8-7-18(15-21-20)28(25,26)23-11-13-27-14-12-23/h2-8,15,19H,9-14,16H2,1H3/t19-/m0/s1. The maximum absolute atomic E-state index is 12.8. The van der Waals surface area contributed by atoms with Gasteiger partial charge in [0.25, 0.3) is 0 Å². The number of pyridine rings is 1. The molecule has 1 atom stereocenters. The lowest BCUT2D eigenvalue weighted by molar-refractivity contribution is 0.0730. The molecule has 0 spiro atoms. The van der Waals surface area contributed by atoms with Crippen LogP contribution in [0.2, 0.25) is 0 Å². The lowest BCUT2D eigenvalue weighted by atomic mass is 10.0. The zero-order valence-corrected chi connectivity index (χ0v) is 16.9. The molecule has 2 aromatic rings. The van der Waals surface area contributed by atoms with Gasteiger partial charge in [-0.3, -0.25) is 0 Å². The van der Waals surface area contributed by atoms with Crippen LogP contribution in [0.5, 0.6) is 0 Å². The first-order valence-corrected chi connectivity index (χ1v) is 11.0. The largest absolute Gasteiger partial charge is 0.379 e. The quantitative estimate of drug-likeness (QED) is 0.774. The summed E-state index contributed by atoms with van der Waals surface area (Å²) in [5, 5.41) is 0. The second-order valence-electron chi connectivity index (χ2n) is 7.25. The number of sulfonamides is 1. The van der Waals surface area contributed by atoms with Gasteiger partial charge in [0.15, 0.2) is 0 Å². The van der Waals surface area contributed by atoms with Gasteiger partial charge in [-0.25, -0.2) is 13.4 Å². The molecular formula is C20H26N4O3S. The molecule has 0 unspecified atom stereocenters. The zero-order chi connectivity index (χ0) is 19.6. The van der Waals surface area contributed by atoms with Crippen molar-refractivity contribution in [1.82, 2.24) is 14.2 Å². The normalized spacial score (nSPS) is 22.3.